The SMILES string of the molecule is Cc1cc(S(=O)(=O)N(C)C2CCSC2)sc1C(=O)O. The smallest absolute Gasteiger partial charge is 0.346 e. The molecule has 1 aliphatic rings. The Morgan fingerprint density at radius 1 is 1.53 bits per heavy atom. The van der Waals surface area contributed by atoms with Crippen LogP contribution in [0.5, 0.6) is 0 Å². The molecule has 2 heterocycles. The second-order valence-corrected chi connectivity index (χ2v) is 8.85. The van der Waals surface area contributed by atoms with E-state index in [1.807, 2.05) is 0 Å². The van der Waals surface area contributed by atoms with Gasteiger partial charge in [-0.05, 0) is 30.7 Å². The summed E-state index contributed by atoms with van der Waals surface area (Å²) in [5, 5.41) is 8.99. The second-order valence-electron chi connectivity index (χ2n) is 4.42. The lowest BCUT2D eigenvalue weighted by Gasteiger charge is -2.22. The number of thioether (sulfide) groups is 1. The molecule has 1 aliphatic heterocycles. The number of rotatable bonds is 4. The van der Waals surface area contributed by atoms with Crippen LogP contribution in [0.2, 0.25) is 0 Å². The van der Waals surface area contributed by atoms with Crippen LogP contribution in [-0.2, 0) is 10.0 Å². The molecule has 8 heteroatoms. The lowest BCUT2D eigenvalue weighted by Crippen LogP contribution is -2.36. The molecule has 2 rings (SSSR count). The van der Waals surface area contributed by atoms with Crippen LogP contribution in [0.4, 0.5) is 0 Å². The highest BCUT2D eigenvalue weighted by Crippen LogP contribution is 2.31. The molecule has 19 heavy (non-hydrogen) atoms. The molecule has 5 nitrogen and oxygen atoms in total. The monoisotopic (exact) mass is 321 g/mol. The summed E-state index contributed by atoms with van der Waals surface area (Å²) in [6, 6.07) is 1.45. The fourth-order valence-electron chi connectivity index (χ4n) is 1.94. The highest BCUT2D eigenvalue weighted by molar-refractivity contribution is 7.99. The molecule has 0 aliphatic carbocycles. The second kappa shape index (κ2) is 5.43. The molecule has 1 saturated heterocycles. The van der Waals surface area contributed by atoms with Crippen molar-refractivity contribution in [2.24, 2.45) is 0 Å². The molecular weight excluding hydrogens is 306 g/mol. The topological polar surface area (TPSA) is 74.7 Å². The predicted octanol–water partition coefficient (Wildman–Crippen LogP) is 1.88. The van der Waals surface area contributed by atoms with Crippen molar-refractivity contribution in [3.05, 3.63) is 16.5 Å². The van der Waals surface area contributed by atoms with Gasteiger partial charge in [0.1, 0.15) is 9.09 Å². The summed E-state index contributed by atoms with van der Waals surface area (Å²) in [7, 11) is -2.01. The van der Waals surface area contributed by atoms with Crippen LogP contribution >= 0.6 is 23.1 Å². The Morgan fingerprint density at radius 2 is 2.21 bits per heavy atom. The maximum atomic E-state index is 12.4. The summed E-state index contributed by atoms with van der Waals surface area (Å²) in [5.74, 6) is 0.684. The van der Waals surface area contributed by atoms with Gasteiger partial charge in [0, 0.05) is 18.8 Å². The van der Waals surface area contributed by atoms with Gasteiger partial charge < -0.3 is 5.11 Å². The number of nitrogens with zero attached hydrogens (tertiary/aromatic N) is 1. The third-order valence-electron chi connectivity index (χ3n) is 3.14. The molecule has 0 saturated carbocycles. The quantitative estimate of drug-likeness (QED) is 0.916. The first kappa shape index (κ1) is 14.8. The first-order chi connectivity index (χ1) is 8.84. The molecule has 106 valence electrons. The summed E-state index contributed by atoms with van der Waals surface area (Å²) in [6.45, 7) is 1.62. The van der Waals surface area contributed by atoms with Crippen molar-refractivity contribution in [1.82, 2.24) is 4.31 Å². The molecule has 1 aromatic rings. The highest BCUT2D eigenvalue weighted by atomic mass is 32.2. The number of thiophene rings is 1. The van der Waals surface area contributed by atoms with Crippen molar-refractivity contribution in [3.63, 3.8) is 0 Å². The summed E-state index contributed by atoms with van der Waals surface area (Å²) in [4.78, 5) is 11.1. The van der Waals surface area contributed by atoms with E-state index in [4.69, 9.17) is 5.11 Å². The van der Waals surface area contributed by atoms with Crippen molar-refractivity contribution in [2.75, 3.05) is 18.6 Å². The third-order valence-corrected chi connectivity index (χ3v) is 7.87. The zero-order chi connectivity index (χ0) is 14.2. The number of hydrogen-bond acceptors (Lipinski definition) is 5. The summed E-state index contributed by atoms with van der Waals surface area (Å²) in [6.07, 6.45) is 0.844. The Kier molecular flexibility index (Phi) is 4.24. The number of carbonyl (C=O) groups is 1. The van der Waals surface area contributed by atoms with E-state index >= 15 is 0 Å². The van der Waals surface area contributed by atoms with Crippen molar-refractivity contribution in [3.8, 4) is 0 Å². The maximum Gasteiger partial charge on any atom is 0.346 e. The van der Waals surface area contributed by atoms with Crippen LogP contribution in [0.3, 0.4) is 0 Å². The van der Waals surface area contributed by atoms with E-state index < -0.39 is 16.0 Å². The van der Waals surface area contributed by atoms with E-state index in [1.165, 1.54) is 10.4 Å². The fourth-order valence-corrected chi connectivity index (χ4v) is 6.25. The van der Waals surface area contributed by atoms with Gasteiger partial charge in [-0.3, -0.25) is 0 Å². The Labute approximate surface area is 120 Å². The average Bonchev–Trinajstić information content (AvgIpc) is 2.96. The molecule has 1 unspecified atom stereocenters. The lowest BCUT2D eigenvalue weighted by molar-refractivity contribution is 0.0701. The summed E-state index contributed by atoms with van der Waals surface area (Å²) in [5.41, 5.74) is 0.491. The van der Waals surface area contributed by atoms with Crippen molar-refractivity contribution < 1.29 is 18.3 Å². The van der Waals surface area contributed by atoms with Crippen LogP contribution in [0.25, 0.3) is 0 Å². The van der Waals surface area contributed by atoms with Gasteiger partial charge in [0.15, 0.2) is 0 Å². The van der Waals surface area contributed by atoms with Gasteiger partial charge in [0.25, 0.3) is 10.0 Å². The normalized spacial score (nSPS) is 20.1. The first-order valence-electron chi connectivity index (χ1n) is 5.73. The molecule has 0 radical (unpaired) electrons. The van der Waals surface area contributed by atoms with E-state index in [2.05, 4.69) is 0 Å². The Balaban J connectivity index is 2.33. The van der Waals surface area contributed by atoms with E-state index in [0.29, 0.717) is 5.56 Å². The third kappa shape index (κ3) is 2.81. The van der Waals surface area contributed by atoms with Gasteiger partial charge in [0.05, 0.1) is 0 Å². The standard InChI is InChI=1S/C11H15NO4S3/c1-7-5-9(18-10(7)11(13)14)19(15,16)12(2)8-3-4-17-6-8/h5,8H,3-4,6H2,1-2H3,(H,13,14). The molecular formula is C11H15NO4S3. The minimum absolute atomic E-state index is 0.00526. The van der Waals surface area contributed by atoms with Gasteiger partial charge in [-0.2, -0.15) is 16.1 Å². The number of aryl methyl sites for hydroxylation is 1. The first-order valence-corrected chi connectivity index (χ1v) is 9.14. The van der Waals surface area contributed by atoms with Gasteiger partial charge in [-0.25, -0.2) is 13.2 Å². The van der Waals surface area contributed by atoms with E-state index in [-0.39, 0.29) is 15.1 Å². The minimum Gasteiger partial charge on any atom is -0.477 e. The number of hydrogen-bond donors (Lipinski definition) is 1. The fraction of sp³-hybridized carbons (Fsp3) is 0.545. The van der Waals surface area contributed by atoms with Crippen LogP contribution in [0, 0.1) is 6.92 Å². The van der Waals surface area contributed by atoms with Gasteiger partial charge in [-0.1, -0.05) is 0 Å². The molecule has 1 atom stereocenters. The maximum absolute atomic E-state index is 12.4. The van der Waals surface area contributed by atoms with Crippen LogP contribution in [0.1, 0.15) is 21.7 Å². The van der Waals surface area contributed by atoms with E-state index in [9.17, 15) is 13.2 Å². The van der Waals surface area contributed by atoms with Crippen molar-refractivity contribution in [1.29, 1.82) is 0 Å². The average molecular weight is 321 g/mol. The number of carboxylic acids is 1. The Hall–Kier alpha value is -0.570. The molecule has 1 fully saturated rings. The van der Waals surface area contributed by atoms with Crippen molar-refractivity contribution in [2.45, 2.75) is 23.6 Å². The van der Waals surface area contributed by atoms with Gasteiger partial charge >= 0.3 is 5.97 Å². The number of aromatic carboxylic acids is 1. The van der Waals surface area contributed by atoms with Crippen LogP contribution < -0.4 is 0 Å². The zero-order valence-corrected chi connectivity index (χ0v) is 13.1. The lowest BCUT2D eigenvalue weighted by atomic mass is 10.3. The minimum atomic E-state index is -3.58. The Morgan fingerprint density at radius 3 is 2.68 bits per heavy atom. The molecule has 0 amide bonds. The Bertz CT molecular complexity index is 587. The largest absolute Gasteiger partial charge is 0.477 e. The van der Waals surface area contributed by atoms with Crippen molar-refractivity contribution >= 4 is 39.1 Å². The summed E-state index contributed by atoms with van der Waals surface area (Å²) >= 11 is 2.56. The zero-order valence-electron chi connectivity index (χ0n) is 10.6. The molecule has 0 bridgehead atoms. The highest BCUT2D eigenvalue weighted by Gasteiger charge is 2.32. The molecule has 0 spiro atoms. The number of sulfonamides is 1. The molecule has 1 N–H and O–H groups in total. The van der Waals surface area contributed by atoms with E-state index in [0.717, 1.165) is 29.3 Å². The summed E-state index contributed by atoms with van der Waals surface area (Å²) < 4.78 is 26.4. The predicted molar refractivity (Wildman–Crippen MR) is 76.7 cm³/mol. The number of carboxylic acid groups (broad SMARTS) is 1. The van der Waals surface area contributed by atoms with E-state index in [1.54, 1.807) is 25.7 Å². The molecule has 0 aromatic carbocycles. The van der Waals surface area contributed by atoms with Crippen LogP contribution in [-0.4, -0.2) is 48.4 Å². The van der Waals surface area contributed by atoms with Gasteiger partial charge in [0.2, 0.25) is 0 Å². The van der Waals surface area contributed by atoms with Gasteiger partial charge in [-0.15, -0.1) is 11.3 Å². The van der Waals surface area contributed by atoms with Crippen LogP contribution in [0.15, 0.2) is 10.3 Å². The molecule has 1 aromatic heterocycles.